The summed E-state index contributed by atoms with van der Waals surface area (Å²) in [4.78, 5) is 22.7. The second-order valence-corrected chi connectivity index (χ2v) is 3.34. The molecule has 0 saturated heterocycles. The van der Waals surface area contributed by atoms with E-state index >= 15 is 0 Å². The molecule has 0 fully saturated rings. The van der Waals surface area contributed by atoms with Crippen LogP contribution in [-0.2, 0) is 7.05 Å². The molecule has 0 radical (unpaired) electrons. The van der Waals surface area contributed by atoms with E-state index in [1.54, 1.807) is 24.0 Å². The van der Waals surface area contributed by atoms with Gasteiger partial charge in [0.25, 0.3) is 0 Å². The first-order chi connectivity index (χ1) is 6.09. The van der Waals surface area contributed by atoms with Crippen LogP contribution in [0.3, 0.4) is 0 Å². The van der Waals surface area contributed by atoms with E-state index in [1.807, 2.05) is 0 Å². The fourth-order valence-electron chi connectivity index (χ4n) is 1.35. The summed E-state index contributed by atoms with van der Waals surface area (Å²) in [6.07, 6.45) is 4.38. The van der Waals surface area contributed by atoms with Gasteiger partial charge < -0.3 is 4.57 Å². The molecule has 13 heavy (non-hydrogen) atoms. The molecule has 0 aliphatic heterocycles. The zero-order valence-corrected chi connectivity index (χ0v) is 7.63. The van der Waals surface area contributed by atoms with Crippen molar-refractivity contribution in [1.29, 1.82) is 0 Å². The molecule has 1 aromatic rings. The Kier molecular flexibility index (Phi) is 1.63. The molecule has 2 rings (SSSR count). The largest absolute Gasteiger partial charge is 0.356 e. The topological polar surface area (TPSA) is 39.1 Å². The summed E-state index contributed by atoms with van der Waals surface area (Å²) in [5.41, 5.74) is 0.817. The average molecular weight is 196 g/mol. The number of Topliss-reactive ketones (excluding diaryl/α,β-unsaturated/α-hetero) is 1. The second kappa shape index (κ2) is 2.57. The highest BCUT2D eigenvalue weighted by Crippen LogP contribution is 2.23. The number of nitrogens with zero attached hydrogens (tertiary/aromatic N) is 1. The Bertz CT molecular complexity index is 442. The number of allylic oxidation sites excluding steroid dienone is 2. The smallest absolute Gasteiger partial charge is 0.206 e. The minimum atomic E-state index is -0.281. The summed E-state index contributed by atoms with van der Waals surface area (Å²) < 4.78 is 1.67. The van der Waals surface area contributed by atoms with Crippen molar-refractivity contribution in [3.05, 3.63) is 34.6 Å². The van der Waals surface area contributed by atoms with Gasteiger partial charge in [0.2, 0.25) is 5.78 Å². The molecule has 0 spiro atoms. The van der Waals surface area contributed by atoms with Crippen LogP contribution in [0, 0.1) is 0 Å². The zero-order chi connectivity index (χ0) is 9.59. The summed E-state index contributed by atoms with van der Waals surface area (Å²) in [7, 11) is 1.76. The van der Waals surface area contributed by atoms with Crippen molar-refractivity contribution in [3.63, 3.8) is 0 Å². The first kappa shape index (κ1) is 8.26. The molecular weight excluding hydrogens is 190 g/mol. The summed E-state index contributed by atoms with van der Waals surface area (Å²) in [6, 6.07) is 0. The Balaban J connectivity index is 2.67. The molecule has 1 aromatic heterocycles. The maximum atomic E-state index is 11.4. The van der Waals surface area contributed by atoms with Crippen molar-refractivity contribution in [2.24, 2.45) is 7.05 Å². The lowest BCUT2D eigenvalue weighted by Crippen LogP contribution is -2.11. The molecule has 4 heteroatoms. The molecule has 0 N–H and O–H groups in total. The fourth-order valence-corrected chi connectivity index (χ4v) is 1.55. The van der Waals surface area contributed by atoms with Crippen molar-refractivity contribution < 1.29 is 9.59 Å². The van der Waals surface area contributed by atoms with Gasteiger partial charge in [0.05, 0.1) is 16.2 Å². The predicted molar refractivity (Wildman–Crippen MR) is 48.0 cm³/mol. The maximum Gasteiger partial charge on any atom is 0.206 e. The van der Waals surface area contributed by atoms with Gasteiger partial charge in [-0.15, -0.1) is 0 Å². The van der Waals surface area contributed by atoms with Crippen LogP contribution < -0.4 is 0 Å². The van der Waals surface area contributed by atoms with E-state index in [1.165, 1.54) is 0 Å². The van der Waals surface area contributed by atoms with Crippen LogP contribution in [0.4, 0.5) is 0 Å². The monoisotopic (exact) mass is 195 g/mol. The molecular formula is C9H6ClNO2. The van der Waals surface area contributed by atoms with E-state index in [-0.39, 0.29) is 16.6 Å². The Labute approximate surface area is 79.6 Å². The highest BCUT2D eigenvalue weighted by Gasteiger charge is 2.25. The Hall–Kier alpha value is -1.35. The van der Waals surface area contributed by atoms with Crippen LogP contribution in [0.15, 0.2) is 23.5 Å². The fraction of sp³-hybridized carbons (Fsp3) is 0.111. The molecule has 0 amide bonds. The quantitative estimate of drug-likeness (QED) is 0.630. The lowest BCUT2D eigenvalue weighted by Gasteiger charge is -2.04. The van der Waals surface area contributed by atoms with Gasteiger partial charge in [0.15, 0.2) is 5.78 Å². The van der Waals surface area contributed by atoms with Crippen LogP contribution in [0.1, 0.15) is 20.7 Å². The molecule has 1 aliphatic rings. The van der Waals surface area contributed by atoms with Crippen molar-refractivity contribution in [3.8, 4) is 0 Å². The van der Waals surface area contributed by atoms with E-state index in [0.717, 1.165) is 6.08 Å². The number of hydrogen-bond acceptors (Lipinski definition) is 2. The van der Waals surface area contributed by atoms with Crippen molar-refractivity contribution >= 4 is 23.2 Å². The highest BCUT2D eigenvalue weighted by atomic mass is 35.5. The Morgan fingerprint density at radius 2 is 1.85 bits per heavy atom. The minimum Gasteiger partial charge on any atom is -0.356 e. The van der Waals surface area contributed by atoms with Crippen molar-refractivity contribution in [2.45, 2.75) is 0 Å². The standard InChI is InChI=1S/C9H6ClNO2/c1-11-3-5-6(4-11)9(13)7(10)2-8(5)12/h2-4H,1H3. The van der Waals surface area contributed by atoms with Crippen LogP contribution in [0.25, 0.3) is 0 Å². The molecule has 3 nitrogen and oxygen atoms in total. The lowest BCUT2D eigenvalue weighted by atomic mass is 10.00. The lowest BCUT2D eigenvalue weighted by molar-refractivity contribution is 0.0991. The number of hydrogen-bond donors (Lipinski definition) is 0. The third-order valence-corrected chi connectivity index (χ3v) is 2.22. The number of ketones is 2. The first-order valence-corrected chi connectivity index (χ1v) is 4.09. The number of aryl methyl sites for hydroxylation is 1. The number of rotatable bonds is 0. The van der Waals surface area contributed by atoms with E-state index in [0.29, 0.717) is 11.1 Å². The van der Waals surface area contributed by atoms with Crippen LogP contribution in [0.2, 0.25) is 0 Å². The number of halogens is 1. The second-order valence-electron chi connectivity index (χ2n) is 2.94. The maximum absolute atomic E-state index is 11.4. The van der Waals surface area contributed by atoms with E-state index < -0.39 is 0 Å². The van der Waals surface area contributed by atoms with Gasteiger partial charge in [-0.25, -0.2) is 0 Å². The summed E-state index contributed by atoms with van der Waals surface area (Å²) in [5, 5.41) is -0.0105. The molecule has 66 valence electrons. The molecule has 1 heterocycles. The van der Waals surface area contributed by atoms with E-state index in [4.69, 9.17) is 11.6 Å². The average Bonchev–Trinajstić information content (AvgIpc) is 2.44. The molecule has 0 aromatic carbocycles. The van der Waals surface area contributed by atoms with Gasteiger partial charge in [-0.3, -0.25) is 9.59 Å². The van der Waals surface area contributed by atoms with Gasteiger partial charge in [0, 0.05) is 25.5 Å². The summed E-state index contributed by atoms with van der Waals surface area (Å²) >= 11 is 5.58. The van der Waals surface area contributed by atoms with Gasteiger partial charge in [0.1, 0.15) is 0 Å². The number of fused-ring (bicyclic) bond motifs is 1. The third-order valence-electron chi connectivity index (χ3n) is 1.94. The van der Waals surface area contributed by atoms with Gasteiger partial charge >= 0.3 is 0 Å². The molecule has 0 atom stereocenters. The number of carbonyl (C=O) groups excluding carboxylic acids is 2. The van der Waals surface area contributed by atoms with Crippen molar-refractivity contribution in [1.82, 2.24) is 4.57 Å². The summed E-state index contributed by atoms with van der Waals surface area (Å²) in [5.74, 6) is -0.489. The molecule has 0 saturated carbocycles. The Morgan fingerprint density at radius 1 is 1.23 bits per heavy atom. The first-order valence-electron chi connectivity index (χ1n) is 3.72. The Morgan fingerprint density at radius 3 is 2.54 bits per heavy atom. The normalized spacial score (nSPS) is 15.7. The van der Waals surface area contributed by atoms with Gasteiger partial charge in [-0.1, -0.05) is 11.6 Å². The van der Waals surface area contributed by atoms with E-state index in [2.05, 4.69) is 0 Å². The third kappa shape index (κ3) is 1.12. The zero-order valence-electron chi connectivity index (χ0n) is 6.87. The SMILES string of the molecule is Cn1cc2c(c1)C(=O)C(Cl)=CC2=O. The molecule has 1 aliphatic carbocycles. The van der Waals surface area contributed by atoms with Crippen LogP contribution in [-0.4, -0.2) is 16.1 Å². The van der Waals surface area contributed by atoms with E-state index in [9.17, 15) is 9.59 Å². The summed E-state index contributed by atoms with van der Waals surface area (Å²) in [6.45, 7) is 0. The predicted octanol–water partition coefficient (Wildman–Crippen LogP) is 1.53. The number of aromatic nitrogens is 1. The minimum absolute atomic E-state index is 0.0105. The van der Waals surface area contributed by atoms with Gasteiger partial charge in [-0.2, -0.15) is 0 Å². The van der Waals surface area contributed by atoms with Crippen LogP contribution in [0.5, 0.6) is 0 Å². The highest BCUT2D eigenvalue weighted by molar-refractivity contribution is 6.49. The van der Waals surface area contributed by atoms with Crippen LogP contribution >= 0.6 is 11.6 Å². The molecule has 0 unspecified atom stereocenters. The molecule has 0 bridgehead atoms. The van der Waals surface area contributed by atoms with Crippen molar-refractivity contribution in [2.75, 3.05) is 0 Å². The number of carbonyl (C=O) groups is 2. The van der Waals surface area contributed by atoms with Gasteiger partial charge in [-0.05, 0) is 0 Å².